The predicted molar refractivity (Wildman–Crippen MR) is 137 cm³/mol. The van der Waals surface area contributed by atoms with Gasteiger partial charge in [-0.25, -0.2) is 4.79 Å². The zero-order chi connectivity index (χ0) is 25.5. The minimum Gasteiger partial charge on any atom is -0.460 e. The van der Waals surface area contributed by atoms with Crippen LogP contribution in [0.1, 0.15) is 43.2 Å². The van der Waals surface area contributed by atoms with Gasteiger partial charge in [-0.3, -0.25) is 9.48 Å². The van der Waals surface area contributed by atoms with E-state index in [0.29, 0.717) is 42.2 Å². The first-order valence-corrected chi connectivity index (χ1v) is 11.8. The fraction of sp³-hybridized carbons (Fsp3) is 0.250. The number of nitrogens with zero attached hydrogens (tertiary/aromatic N) is 2. The molecule has 4 rings (SSSR count). The molecule has 4 aromatic rings. The highest BCUT2D eigenvalue weighted by atomic mass is 16.6. The van der Waals surface area contributed by atoms with E-state index in [-0.39, 0.29) is 12.5 Å². The van der Waals surface area contributed by atoms with Gasteiger partial charge in [0.25, 0.3) is 5.91 Å². The summed E-state index contributed by atoms with van der Waals surface area (Å²) in [5, 5.41) is 7.24. The Balaban J connectivity index is 1.45. The van der Waals surface area contributed by atoms with Crippen molar-refractivity contribution in [1.82, 2.24) is 20.1 Å². The number of aromatic nitrogens is 3. The second-order valence-corrected chi connectivity index (χ2v) is 8.49. The number of rotatable bonds is 10. The molecule has 0 fully saturated rings. The van der Waals surface area contributed by atoms with Gasteiger partial charge < -0.3 is 19.8 Å². The number of H-pyrrole nitrogens is 1. The number of aryl methyl sites for hydroxylation is 1. The van der Waals surface area contributed by atoms with E-state index >= 15 is 0 Å². The number of hydrogen-bond acceptors (Lipinski definition) is 5. The number of aromatic amines is 1. The van der Waals surface area contributed by atoms with Crippen molar-refractivity contribution in [3.05, 3.63) is 101 Å². The number of carbonyl (C=O) groups excluding carboxylic acids is 2. The Bertz CT molecular complexity index is 1320. The Labute approximate surface area is 210 Å². The molecule has 0 saturated heterocycles. The van der Waals surface area contributed by atoms with Crippen molar-refractivity contribution < 1.29 is 19.1 Å². The van der Waals surface area contributed by atoms with E-state index in [1.165, 1.54) is 0 Å². The molecule has 0 aliphatic carbocycles. The molecule has 0 unspecified atom stereocenters. The lowest BCUT2D eigenvalue weighted by Gasteiger charge is -2.12. The van der Waals surface area contributed by atoms with Crippen LogP contribution in [0.3, 0.4) is 0 Å². The van der Waals surface area contributed by atoms with Crippen LogP contribution < -0.4 is 5.32 Å². The molecule has 0 spiro atoms. The number of ether oxygens (including phenoxy) is 2. The molecular formula is C28H30N4O4. The minimum absolute atomic E-state index is 0.155. The van der Waals surface area contributed by atoms with E-state index in [0.717, 1.165) is 22.3 Å². The molecule has 0 bridgehead atoms. The quantitative estimate of drug-likeness (QED) is 0.258. The monoisotopic (exact) mass is 486 g/mol. The lowest BCUT2D eigenvalue weighted by Crippen LogP contribution is -2.24. The number of methoxy groups -OCH3 is 1. The number of amides is 1. The summed E-state index contributed by atoms with van der Waals surface area (Å²) in [6.07, 6.45) is 3.71. The standard InChI is InChI=1S/C28H30N4O4/c1-19-25(28(34)36-16-15-35-3)20(2)31-26(19)27(33)29-17-23-7-4-5-8-24(23)22-11-9-21(10-12-22)18-32-14-6-13-30-32/h4-14,31H,15-18H2,1-3H3,(H,29,33). The van der Waals surface area contributed by atoms with Gasteiger partial charge in [0.2, 0.25) is 0 Å². The summed E-state index contributed by atoms with van der Waals surface area (Å²) in [6.45, 7) is 5.01. The van der Waals surface area contributed by atoms with Crippen LogP contribution >= 0.6 is 0 Å². The number of carbonyl (C=O) groups is 2. The summed E-state index contributed by atoms with van der Waals surface area (Å²) in [4.78, 5) is 28.5. The zero-order valence-corrected chi connectivity index (χ0v) is 20.7. The Kier molecular flexibility index (Phi) is 7.97. The third-order valence-electron chi connectivity index (χ3n) is 6.01. The van der Waals surface area contributed by atoms with Crippen LogP contribution in [0.2, 0.25) is 0 Å². The van der Waals surface area contributed by atoms with Gasteiger partial charge in [0.15, 0.2) is 0 Å². The second-order valence-electron chi connectivity index (χ2n) is 8.49. The fourth-order valence-electron chi connectivity index (χ4n) is 4.16. The van der Waals surface area contributed by atoms with Crippen molar-refractivity contribution in [3.8, 4) is 11.1 Å². The molecule has 2 aromatic heterocycles. The molecule has 2 N–H and O–H groups in total. The van der Waals surface area contributed by atoms with Gasteiger partial charge in [-0.2, -0.15) is 5.10 Å². The normalized spacial score (nSPS) is 10.9. The van der Waals surface area contributed by atoms with Crippen molar-refractivity contribution in [2.75, 3.05) is 20.3 Å². The molecule has 0 radical (unpaired) electrons. The van der Waals surface area contributed by atoms with Gasteiger partial charge in [-0.05, 0) is 47.7 Å². The molecule has 0 saturated carbocycles. The smallest absolute Gasteiger partial charge is 0.340 e. The number of hydrogen-bond donors (Lipinski definition) is 2. The Morgan fingerprint density at radius 2 is 1.81 bits per heavy atom. The van der Waals surface area contributed by atoms with Crippen LogP contribution in [-0.4, -0.2) is 47.0 Å². The molecule has 2 aromatic carbocycles. The number of nitrogens with one attached hydrogen (secondary N) is 2. The SMILES string of the molecule is COCCOC(=O)c1c(C)[nH]c(C(=O)NCc2ccccc2-c2ccc(Cn3cccn3)cc2)c1C. The molecular weight excluding hydrogens is 456 g/mol. The maximum absolute atomic E-state index is 13.0. The highest BCUT2D eigenvalue weighted by Crippen LogP contribution is 2.25. The van der Waals surface area contributed by atoms with Crippen molar-refractivity contribution >= 4 is 11.9 Å². The molecule has 0 aliphatic rings. The number of benzene rings is 2. The van der Waals surface area contributed by atoms with Crippen LogP contribution in [-0.2, 0) is 22.6 Å². The molecule has 8 nitrogen and oxygen atoms in total. The summed E-state index contributed by atoms with van der Waals surface area (Å²) in [5.74, 6) is -0.755. The lowest BCUT2D eigenvalue weighted by molar-refractivity contribution is 0.0386. The van der Waals surface area contributed by atoms with Crippen LogP contribution in [0, 0.1) is 13.8 Å². The topological polar surface area (TPSA) is 98.2 Å². The van der Waals surface area contributed by atoms with E-state index < -0.39 is 5.97 Å². The molecule has 186 valence electrons. The van der Waals surface area contributed by atoms with Crippen LogP contribution in [0.25, 0.3) is 11.1 Å². The minimum atomic E-state index is -0.473. The number of esters is 1. The lowest BCUT2D eigenvalue weighted by atomic mass is 9.98. The van der Waals surface area contributed by atoms with Gasteiger partial charge in [0.05, 0.1) is 18.7 Å². The maximum Gasteiger partial charge on any atom is 0.340 e. The molecule has 2 heterocycles. The Morgan fingerprint density at radius 3 is 2.53 bits per heavy atom. The Morgan fingerprint density at radius 1 is 1.03 bits per heavy atom. The van der Waals surface area contributed by atoms with Gasteiger partial charge in [0.1, 0.15) is 12.3 Å². The third kappa shape index (κ3) is 5.72. The first kappa shape index (κ1) is 24.9. The summed E-state index contributed by atoms with van der Waals surface area (Å²) in [6, 6.07) is 18.2. The van der Waals surface area contributed by atoms with Crippen molar-refractivity contribution in [1.29, 1.82) is 0 Å². The van der Waals surface area contributed by atoms with E-state index in [1.54, 1.807) is 27.2 Å². The second kappa shape index (κ2) is 11.5. The highest BCUT2D eigenvalue weighted by molar-refractivity contribution is 6.00. The van der Waals surface area contributed by atoms with Crippen LogP contribution in [0.5, 0.6) is 0 Å². The first-order valence-electron chi connectivity index (χ1n) is 11.8. The fourth-order valence-corrected chi connectivity index (χ4v) is 4.16. The molecule has 8 heteroatoms. The van der Waals surface area contributed by atoms with Gasteiger partial charge in [-0.1, -0.05) is 48.5 Å². The van der Waals surface area contributed by atoms with Crippen molar-refractivity contribution in [3.63, 3.8) is 0 Å². The molecule has 36 heavy (non-hydrogen) atoms. The molecule has 0 aliphatic heterocycles. The average molecular weight is 487 g/mol. The van der Waals surface area contributed by atoms with Gasteiger partial charge >= 0.3 is 5.97 Å². The van der Waals surface area contributed by atoms with Crippen LogP contribution in [0.4, 0.5) is 0 Å². The van der Waals surface area contributed by atoms with E-state index in [4.69, 9.17) is 9.47 Å². The van der Waals surface area contributed by atoms with Crippen molar-refractivity contribution in [2.24, 2.45) is 0 Å². The summed E-state index contributed by atoms with van der Waals surface area (Å²) < 4.78 is 12.0. The van der Waals surface area contributed by atoms with Crippen molar-refractivity contribution in [2.45, 2.75) is 26.9 Å². The summed E-state index contributed by atoms with van der Waals surface area (Å²) >= 11 is 0. The van der Waals surface area contributed by atoms with E-state index in [1.807, 2.05) is 41.2 Å². The molecule has 0 atom stereocenters. The largest absolute Gasteiger partial charge is 0.460 e. The van der Waals surface area contributed by atoms with Gasteiger partial charge in [0, 0.05) is 31.7 Å². The summed E-state index contributed by atoms with van der Waals surface area (Å²) in [7, 11) is 1.54. The van der Waals surface area contributed by atoms with E-state index in [9.17, 15) is 9.59 Å². The highest BCUT2D eigenvalue weighted by Gasteiger charge is 2.23. The third-order valence-corrected chi connectivity index (χ3v) is 6.01. The maximum atomic E-state index is 13.0. The van der Waals surface area contributed by atoms with Crippen LogP contribution in [0.15, 0.2) is 67.0 Å². The predicted octanol–water partition coefficient (Wildman–Crippen LogP) is 4.28. The van der Waals surface area contributed by atoms with E-state index in [2.05, 4.69) is 39.7 Å². The average Bonchev–Trinajstić information content (AvgIpc) is 3.50. The molecule has 1 amide bonds. The van der Waals surface area contributed by atoms with Gasteiger partial charge in [-0.15, -0.1) is 0 Å². The first-order chi connectivity index (χ1) is 17.5. The zero-order valence-electron chi connectivity index (χ0n) is 20.7. The summed E-state index contributed by atoms with van der Waals surface area (Å²) in [5.41, 5.74) is 6.15. The Hall–Kier alpha value is -4.17.